The SMILES string of the molecule is CCc1ccccc1OCc1nnc(C)n1C. The third-order valence-corrected chi connectivity index (χ3v) is 2.89. The van der Waals surface area contributed by atoms with Gasteiger partial charge in [-0.05, 0) is 25.0 Å². The van der Waals surface area contributed by atoms with Gasteiger partial charge in [0.2, 0.25) is 0 Å². The van der Waals surface area contributed by atoms with Gasteiger partial charge in [0.25, 0.3) is 0 Å². The van der Waals surface area contributed by atoms with Gasteiger partial charge in [-0.15, -0.1) is 10.2 Å². The summed E-state index contributed by atoms with van der Waals surface area (Å²) in [7, 11) is 1.94. The molecule has 17 heavy (non-hydrogen) atoms. The van der Waals surface area contributed by atoms with Gasteiger partial charge in [0.15, 0.2) is 5.82 Å². The Hall–Kier alpha value is -1.84. The van der Waals surface area contributed by atoms with E-state index in [-0.39, 0.29) is 0 Å². The summed E-state index contributed by atoms with van der Waals surface area (Å²) >= 11 is 0. The zero-order valence-corrected chi connectivity index (χ0v) is 10.5. The second-order valence-corrected chi connectivity index (χ2v) is 3.97. The summed E-state index contributed by atoms with van der Waals surface area (Å²) in [5.41, 5.74) is 1.21. The number of rotatable bonds is 4. The summed E-state index contributed by atoms with van der Waals surface area (Å²) in [6, 6.07) is 8.08. The van der Waals surface area contributed by atoms with Crippen LogP contribution in [0.15, 0.2) is 24.3 Å². The molecule has 2 rings (SSSR count). The molecule has 4 nitrogen and oxygen atoms in total. The third kappa shape index (κ3) is 2.46. The van der Waals surface area contributed by atoms with E-state index in [0.717, 1.165) is 23.8 Å². The van der Waals surface area contributed by atoms with E-state index in [1.165, 1.54) is 5.56 Å². The Morgan fingerprint density at radius 1 is 1.24 bits per heavy atom. The summed E-state index contributed by atoms with van der Waals surface area (Å²) in [6.07, 6.45) is 0.966. The second-order valence-electron chi connectivity index (χ2n) is 3.97. The average molecular weight is 231 g/mol. The van der Waals surface area contributed by atoms with Crippen LogP contribution in [0, 0.1) is 6.92 Å². The molecule has 1 aromatic carbocycles. The fourth-order valence-electron chi connectivity index (χ4n) is 1.66. The van der Waals surface area contributed by atoms with Gasteiger partial charge in [0.05, 0.1) is 0 Å². The van der Waals surface area contributed by atoms with E-state index in [1.807, 2.05) is 36.7 Å². The molecule has 0 saturated heterocycles. The van der Waals surface area contributed by atoms with Crippen LogP contribution in [0.5, 0.6) is 5.75 Å². The Morgan fingerprint density at radius 2 is 2.00 bits per heavy atom. The van der Waals surface area contributed by atoms with E-state index in [1.54, 1.807) is 0 Å². The monoisotopic (exact) mass is 231 g/mol. The topological polar surface area (TPSA) is 39.9 Å². The minimum Gasteiger partial charge on any atom is -0.485 e. The molecule has 0 aliphatic rings. The van der Waals surface area contributed by atoms with Gasteiger partial charge in [-0.25, -0.2) is 0 Å². The first kappa shape index (κ1) is 11.6. The summed E-state index contributed by atoms with van der Waals surface area (Å²) in [5.74, 6) is 2.66. The highest BCUT2D eigenvalue weighted by molar-refractivity contribution is 5.33. The first-order valence-electron chi connectivity index (χ1n) is 5.78. The van der Waals surface area contributed by atoms with Crippen molar-refractivity contribution in [3.63, 3.8) is 0 Å². The lowest BCUT2D eigenvalue weighted by Crippen LogP contribution is -2.05. The van der Waals surface area contributed by atoms with Gasteiger partial charge in [-0.3, -0.25) is 0 Å². The minimum atomic E-state index is 0.453. The summed E-state index contributed by atoms with van der Waals surface area (Å²) < 4.78 is 7.72. The number of aryl methyl sites for hydroxylation is 2. The van der Waals surface area contributed by atoms with Gasteiger partial charge in [-0.2, -0.15) is 0 Å². The van der Waals surface area contributed by atoms with Crippen molar-refractivity contribution in [1.29, 1.82) is 0 Å². The van der Waals surface area contributed by atoms with Crippen LogP contribution >= 0.6 is 0 Å². The van der Waals surface area contributed by atoms with Crippen molar-refractivity contribution < 1.29 is 4.74 Å². The second kappa shape index (κ2) is 4.99. The van der Waals surface area contributed by atoms with Crippen molar-refractivity contribution in [2.24, 2.45) is 7.05 Å². The fraction of sp³-hybridized carbons (Fsp3) is 0.385. The molecule has 0 N–H and O–H groups in total. The molecule has 90 valence electrons. The summed E-state index contributed by atoms with van der Waals surface area (Å²) in [5, 5.41) is 8.08. The predicted octanol–water partition coefficient (Wildman–Crippen LogP) is 2.26. The number of ether oxygens (including phenoxy) is 1. The van der Waals surface area contributed by atoms with Crippen molar-refractivity contribution in [3.8, 4) is 5.75 Å². The van der Waals surface area contributed by atoms with E-state index in [2.05, 4.69) is 23.2 Å². The molecule has 0 atom stereocenters. The Bertz CT molecular complexity index is 505. The molecule has 0 amide bonds. The quantitative estimate of drug-likeness (QED) is 0.810. The van der Waals surface area contributed by atoms with Crippen molar-refractivity contribution in [1.82, 2.24) is 14.8 Å². The maximum Gasteiger partial charge on any atom is 0.170 e. The molecule has 1 aromatic heterocycles. The molecule has 0 radical (unpaired) electrons. The van der Waals surface area contributed by atoms with Gasteiger partial charge in [0, 0.05) is 7.05 Å². The lowest BCUT2D eigenvalue weighted by molar-refractivity contribution is 0.288. The molecular formula is C13H17N3O. The van der Waals surface area contributed by atoms with Crippen LogP contribution in [0.1, 0.15) is 24.1 Å². The molecule has 0 aliphatic carbocycles. The molecule has 0 aliphatic heterocycles. The average Bonchev–Trinajstić information content (AvgIpc) is 2.68. The standard InChI is InChI=1S/C13H17N3O/c1-4-11-7-5-6-8-12(11)17-9-13-15-14-10(2)16(13)3/h5-8H,4,9H2,1-3H3. The van der Waals surface area contributed by atoms with Crippen LogP contribution in [0.4, 0.5) is 0 Å². The molecule has 0 bridgehead atoms. The van der Waals surface area contributed by atoms with E-state index >= 15 is 0 Å². The number of nitrogens with zero attached hydrogens (tertiary/aromatic N) is 3. The van der Waals surface area contributed by atoms with Crippen LogP contribution < -0.4 is 4.74 Å². The fourth-order valence-corrected chi connectivity index (χ4v) is 1.66. The molecule has 0 fully saturated rings. The summed E-state index contributed by atoms with van der Waals surface area (Å²) in [6.45, 7) is 4.50. The molecule has 1 heterocycles. The number of benzene rings is 1. The van der Waals surface area contributed by atoms with Gasteiger partial charge < -0.3 is 9.30 Å². The van der Waals surface area contributed by atoms with E-state index in [4.69, 9.17) is 4.74 Å². The molecule has 2 aromatic rings. The molecule has 0 spiro atoms. The maximum atomic E-state index is 5.78. The Morgan fingerprint density at radius 3 is 2.65 bits per heavy atom. The number of hydrogen-bond donors (Lipinski definition) is 0. The summed E-state index contributed by atoms with van der Waals surface area (Å²) in [4.78, 5) is 0. The van der Waals surface area contributed by atoms with E-state index < -0.39 is 0 Å². The van der Waals surface area contributed by atoms with E-state index in [0.29, 0.717) is 6.61 Å². The van der Waals surface area contributed by atoms with Gasteiger partial charge >= 0.3 is 0 Å². The van der Waals surface area contributed by atoms with Crippen LogP contribution in [0.3, 0.4) is 0 Å². The molecule has 4 heteroatoms. The third-order valence-electron chi connectivity index (χ3n) is 2.89. The lowest BCUT2D eigenvalue weighted by Gasteiger charge is -2.09. The van der Waals surface area contributed by atoms with Crippen molar-refractivity contribution >= 4 is 0 Å². The maximum absolute atomic E-state index is 5.78. The zero-order chi connectivity index (χ0) is 12.3. The van der Waals surface area contributed by atoms with Crippen molar-refractivity contribution in [2.45, 2.75) is 26.9 Å². The van der Waals surface area contributed by atoms with Crippen LogP contribution in [0.2, 0.25) is 0 Å². The van der Waals surface area contributed by atoms with Crippen LogP contribution in [-0.4, -0.2) is 14.8 Å². The number of para-hydroxylation sites is 1. The largest absolute Gasteiger partial charge is 0.485 e. The highest BCUT2D eigenvalue weighted by Crippen LogP contribution is 2.19. The molecular weight excluding hydrogens is 214 g/mol. The molecule has 0 saturated carbocycles. The number of hydrogen-bond acceptors (Lipinski definition) is 3. The van der Waals surface area contributed by atoms with Crippen LogP contribution in [0.25, 0.3) is 0 Å². The Balaban J connectivity index is 2.10. The first-order chi connectivity index (χ1) is 8.22. The van der Waals surface area contributed by atoms with Gasteiger partial charge in [0.1, 0.15) is 18.2 Å². The van der Waals surface area contributed by atoms with Crippen molar-refractivity contribution in [3.05, 3.63) is 41.5 Å². The first-order valence-corrected chi connectivity index (χ1v) is 5.78. The predicted molar refractivity (Wildman–Crippen MR) is 65.9 cm³/mol. The normalized spacial score (nSPS) is 10.5. The Labute approximate surface area is 101 Å². The van der Waals surface area contributed by atoms with E-state index in [9.17, 15) is 0 Å². The van der Waals surface area contributed by atoms with Crippen LogP contribution in [-0.2, 0) is 20.1 Å². The highest BCUT2D eigenvalue weighted by atomic mass is 16.5. The minimum absolute atomic E-state index is 0.453. The van der Waals surface area contributed by atoms with Gasteiger partial charge in [-0.1, -0.05) is 25.1 Å². The Kier molecular flexibility index (Phi) is 3.42. The smallest absolute Gasteiger partial charge is 0.170 e. The van der Waals surface area contributed by atoms with Crippen molar-refractivity contribution in [2.75, 3.05) is 0 Å². The highest BCUT2D eigenvalue weighted by Gasteiger charge is 2.07. The lowest BCUT2D eigenvalue weighted by atomic mass is 10.1. The zero-order valence-electron chi connectivity index (χ0n) is 10.5. The number of aromatic nitrogens is 3. The molecule has 0 unspecified atom stereocenters.